The molecule has 0 saturated carbocycles. The highest BCUT2D eigenvalue weighted by Gasteiger charge is 2.13. The van der Waals surface area contributed by atoms with Crippen molar-refractivity contribution in [3.05, 3.63) is 56.4 Å². The zero-order valence-corrected chi connectivity index (χ0v) is 10.8. The first kappa shape index (κ1) is 11.8. The lowest BCUT2D eigenvalue weighted by atomic mass is 10.0. The molecule has 1 heterocycles. The van der Waals surface area contributed by atoms with E-state index < -0.39 is 6.10 Å². The third-order valence-electron chi connectivity index (χ3n) is 2.33. The van der Waals surface area contributed by atoms with Crippen LogP contribution in [-0.4, -0.2) is 5.11 Å². The van der Waals surface area contributed by atoms with Crippen molar-refractivity contribution in [2.75, 3.05) is 0 Å². The van der Waals surface area contributed by atoms with E-state index in [0.717, 1.165) is 5.56 Å². The van der Waals surface area contributed by atoms with E-state index in [9.17, 15) is 9.50 Å². The second-order valence-corrected chi connectivity index (χ2v) is 5.21. The van der Waals surface area contributed by atoms with E-state index in [1.807, 2.05) is 16.8 Å². The zero-order valence-electron chi connectivity index (χ0n) is 8.36. The van der Waals surface area contributed by atoms with Crippen molar-refractivity contribution in [1.82, 2.24) is 0 Å². The van der Waals surface area contributed by atoms with Crippen LogP contribution in [-0.2, 0) is 6.42 Å². The lowest BCUT2D eigenvalue weighted by Crippen LogP contribution is -2.03. The molecule has 2 rings (SSSR count). The largest absolute Gasteiger partial charge is 0.388 e. The van der Waals surface area contributed by atoms with Crippen molar-refractivity contribution >= 4 is 27.3 Å². The van der Waals surface area contributed by atoms with Crippen molar-refractivity contribution in [3.8, 4) is 0 Å². The van der Waals surface area contributed by atoms with Gasteiger partial charge in [-0.25, -0.2) is 4.39 Å². The molecule has 0 amide bonds. The molecule has 4 heteroatoms. The Labute approximate surface area is 106 Å². The molecule has 0 fully saturated rings. The number of benzene rings is 1. The fourth-order valence-corrected chi connectivity index (χ4v) is 2.53. The number of rotatable bonds is 3. The van der Waals surface area contributed by atoms with Gasteiger partial charge < -0.3 is 5.11 Å². The molecule has 1 unspecified atom stereocenters. The first-order chi connectivity index (χ1) is 7.66. The molecule has 0 spiro atoms. The Bertz CT molecular complexity index is 470. The van der Waals surface area contributed by atoms with Gasteiger partial charge in [0.2, 0.25) is 0 Å². The first-order valence-electron chi connectivity index (χ1n) is 4.81. The molecular weight excluding hydrogens is 291 g/mol. The highest BCUT2D eigenvalue weighted by Crippen LogP contribution is 2.24. The first-order valence-corrected chi connectivity index (χ1v) is 6.54. The smallest absolute Gasteiger partial charge is 0.130 e. The predicted octanol–water partition coefficient (Wildman–Crippen LogP) is 3.93. The van der Waals surface area contributed by atoms with Gasteiger partial charge in [-0.05, 0) is 34.5 Å². The summed E-state index contributed by atoms with van der Waals surface area (Å²) in [6.45, 7) is 0. The Morgan fingerprint density at radius 3 is 2.81 bits per heavy atom. The minimum Gasteiger partial charge on any atom is -0.388 e. The van der Waals surface area contributed by atoms with Crippen molar-refractivity contribution < 1.29 is 9.50 Å². The molecule has 1 aromatic heterocycles. The van der Waals surface area contributed by atoms with Gasteiger partial charge in [-0.3, -0.25) is 0 Å². The van der Waals surface area contributed by atoms with E-state index in [2.05, 4.69) is 15.9 Å². The Balaban J connectivity index is 2.17. The van der Waals surface area contributed by atoms with Crippen LogP contribution in [0.2, 0.25) is 0 Å². The Kier molecular flexibility index (Phi) is 3.74. The molecule has 1 nitrogen and oxygen atoms in total. The maximum atomic E-state index is 13.5. The van der Waals surface area contributed by atoms with Crippen LogP contribution in [0.3, 0.4) is 0 Å². The topological polar surface area (TPSA) is 20.2 Å². The van der Waals surface area contributed by atoms with E-state index >= 15 is 0 Å². The molecule has 1 N–H and O–H groups in total. The van der Waals surface area contributed by atoms with E-state index in [-0.39, 0.29) is 5.82 Å². The Morgan fingerprint density at radius 2 is 2.19 bits per heavy atom. The summed E-state index contributed by atoms with van der Waals surface area (Å²) in [6, 6.07) is 6.64. The normalized spacial score (nSPS) is 12.7. The van der Waals surface area contributed by atoms with Crippen LogP contribution in [0.15, 0.2) is 39.5 Å². The van der Waals surface area contributed by atoms with E-state index in [0.29, 0.717) is 16.5 Å². The molecule has 2 aromatic rings. The molecule has 1 aromatic carbocycles. The quantitative estimate of drug-likeness (QED) is 0.911. The van der Waals surface area contributed by atoms with Gasteiger partial charge >= 0.3 is 0 Å². The minimum atomic E-state index is -0.789. The molecule has 16 heavy (non-hydrogen) atoms. The summed E-state index contributed by atoms with van der Waals surface area (Å²) in [5, 5.41) is 13.8. The molecule has 0 aliphatic carbocycles. The highest BCUT2D eigenvalue weighted by atomic mass is 79.9. The maximum Gasteiger partial charge on any atom is 0.130 e. The average molecular weight is 301 g/mol. The second-order valence-electron chi connectivity index (χ2n) is 3.52. The summed E-state index contributed by atoms with van der Waals surface area (Å²) in [5.74, 6) is -0.378. The highest BCUT2D eigenvalue weighted by molar-refractivity contribution is 9.10. The fourth-order valence-electron chi connectivity index (χ4n) is 1.51. The van der Waals surface area contributed by atoms with Crippen LogP contribution >= 0.6 is 27.3 Å². The summed E-state index contributed by atoms with van der Waals surface area (Å²) in [6.07, 6.45) is -0.343. The SMILES string of the molecule is OC(Cc1ccsc1)c1ccc(Br)cc1F. The second kappa shape index (κ2) is 5.08. The zero-order chi connectivity index (χ0) is 11.5. The number of thiophene rings is 1. The summed E-state index contributed by atoms with van der Waals surface area (Å²) < 4.78 is 14.2. The van der Waals surface area contributed by atoms with Crippen LogP contribution in [0.1, 0.15) is 17.2 Å². The van der Waals surface area contributed by atoms with Gasteiger partial charge in [-0.15, -0.1) is 0 Å². The number of aliphatic hydroxyl groups is 1. The number of halogens is 2. The number of hydrogen-bond donors (Lipinski definition) is 1. The van der Waals surface area contributed by atoms with Crippen molar-refractivity contribution in [3.63, 3.8) is 0 Å². The molecule has 0 bridgehead atoms. The molecular formula is C12H10BrFOS. The molecule has 0 aliphatic heterocycles. The Hall–Kier alpha value is -0.710. The summed E-state index contributed by atoms with van der Waals surface area (Å²) in [5.41, 5.74) is 1.37. The summed E-state index contributed by atoms with van der Waals surface area (Å²) in [7, 11) is 0. The van der Waals surface area contributed by atoms with Crippen LogP contribution in [0.4, 0.5) is 4.39 Å². The van der Waals surface area contributed by atoms with Crippen LogP contribution in [0.5, 0.6) is 0 Å². The van der Waals surface area contributed by atoms with Crippen LogP contribution < -0.4 is 0 Å². The van der Waals surface area contributed by atoms with Gasteiger partial charge in [-0.2, -0.15) is 11.3 Å². The minimum absolute atomic E-state index is 0.342. The lowest BCUT2D eigenvalue weighted by Gasteiger charge is -2.11. The van der Waals surface area contributed by atoms with Crippen molar-refractivity contribution in [1.29, 1.82) is 0 Å². The van der Waals surface area contributed by atoms with Crippen LogP contribution in [0, 0.1) is 5.82 Å². The summed E-state index contributed by atoms with van der Waals surface area (Å²) >= 11 is 4.76. The maximum absolute atomic E-state index is 13.5. The third kappa shape index (κ3) is 2.70. The summed E-state index contributed by atoms with van der Waals surface area (Å²) in [4.78, 5) is 0. The predicted molar refractivity (Wildman–Crippen MR) is 67.1 cm³/mol. The van der Waals surface area contributed by atoms with Gasteiger partial charge in [0.15, 0.2) is 0 Å². The molecule has 0 radical (unpaired) electrons. The van der Waals surface area contributed by atoms with Crippen molar-refractivity contribution in [2.45, 2.75) is 12.5 Å². The fraction of sp³-hybridized carbons (Fsp3) is 0.167. The Morgan fingerprint density at radius 1 is 1.38 bits per heavy atom. The molecule has 1 atom stereocenters. The number of aliphatic hydroxyl groups excluding tert-OH is 1. The monoisotopic (exact) mass is 300 g/mol. The standard InChI is InChI=1S/C12H10BrFOS/c13-9-1-2-10(11(14)6-9)12(15)5-8-3-4-16-7-8/h1-4,6-7,12,15H,5H2. The molecule has 0 saturated heterocycles. The molecule has 0 aliphatic rings. The van der Waals surface area contributed by atoms with Crippen LogP contribution in [0.25, 0.3) is 0 Å². The average Bonchev–Trinajstić information content (AvgIpc) is 2.70. The van der Waals surface area contributed by atoms with Gasteiger partial charge in [0, 0.05) is 16.5 Å². The van der Waals surface area contributed by atoms with Gasteiger partial charge in [0.1, 0.15) is 5.82 Å². The van der Waals surface area contributed by atoms with Gasteiger partial charge in [0.05, 0.1) is 6.10 Å². The third-order valence-corrected chi connectivity index (χ3v) is 3.56. The van der Waals surface area contributed by atoms with E-state index in [1.54, 1.807) is 23.5 Å². The van der Waals surface area contributed by atoms with Gasteiger partial charge in [0.25, 0.3) is 0 Å². The molecule has 84 valence electrons. The van der Waals surface area contributed by atoms with E-state index in [1.165, 1.54) is 6.07 Å². The van der Waals surface area contributed by atoms with E-state index in [4.69, 9.17) is 0 Å². The van der Waals surface area contributed by atoms with Crippen molar-refractivity contribution in [2.24, 2.45) is 0 Å². The number of hydrogen-bond acceptors (Lipinski definition) is 2. The van der Waals surface area contributed by atoms with Gasteiger partial charge in [-0.1, -0.05) is 22.0 Å². The lowest BCUT2D eigenvalue weighted by molar-refractivity contribution is 0.173.